The fraction of sp³-hybridized carbons (Fsp3) is 0.933. The number of aliphatic imine (C=N–C) groups is 1. The van der Waals surface area contributed by atoms with Gasteiger partial charge in [-0.15, -0.1) is 24.0 Å². The molecule has 1 rings (SSSR count). The van der Waals surface area contributed by atoms with Crippen molar-refractivity contribution in [1.82, 2.24) is 10.2 Å². The lowest BCUT2D eigenvalue weighted by Crippen LogP contribution is -2.65. The van der Waals surface area contributed by atoms with Gasteiger partial charge in [-0.3, -0.25) is 4.99 Å². The summed E-state index contributed by atoms with van der Waals surface area (Å²) >= 11 is 0. The molecule has 1 N–H and O–H groups in total. The van der Waals surface area contributed by atoms with E-state index in [-0.39, 0.29) is 29.4 Å². The maximum absolute atomic E-state index is 5.91. The Bertz CT molecular complexity index is 303. The van der Waals surface area contributed by atoms with E-state index < -0.39 is 0 Å². The number of ether oxygens (including phenoxy) is 1. The quantitative estimate of drug-likeness (QED) is 0.425. The van der Waals surface area contributed by atoms with Crippen LogP contribution < -0.4 is 5.32 Å². The van der Waals surface area contributed by atoms with Gasteiger partial charge in [-0.1, -0.05) is 13.8 Å². The first-order valence-corrected chi connectivity index (χ1v) is 7.65. The van der Waals surface area contributed by atoms with E-state index >= 15 is 0 Å². The van der Waals surface area contributed by atoms with Crippen LogP contribution in [0, 0.1) is 5.41 Å². The van der Waals surface area contributed by atoms with Crippen molar-refractivity contribution in [3.8, 4) is 0 Å². The molecule has 1 aliphatic carbocycles. The van der Waals surface area contributed by atoms with Gasteiger partial charge in [0.15, 0.2) is 5.96 Å². The van der Waals surface area contributed by atoms with E-state index in [9.17, 15) is 0 Å². The number of rotatable bonds is 6. The van der Waals surface area contributed by atoms with Crippen molar-refractivity contribution >= 4 is 29.9 Å². The fourth-order valence-corrected chi connectivity index (χ4v) is 3.21. The second-order valence-electron chi connectivity index (χ2n) is 5.51. The molecule has 0 heterocycles. The van der Waals surface area contributed by atoms with Crippen LogP contribution in [0.1, 0.15) is 47.0 Å². The average molecular weight is 397 g/mol. The molecule has 0 saturated heterocycles. The van der Waals surface area contributed by atoms with Crippen LogP contribution in [0.25, 0.3) is 0 Å². The van der Waals surface area contributed by atoms with E-state index in [0.29, 0.717) is 12.1 Å². The van der Waals surface area contributed by atoms with Crippen LogP contribution in [0.4, 0.5) is 0 Å². The highest BCUT2D eigenvalue weighted by Gasteiger charge is 2.53. The Morgan fingerprint density at radius 2 is 1.85 bits per heavy atom. The van der Waals surface area contributed by atoms with Crippen molar-refractivity contribution in [1.29, 1.82) is 0 Å². The first-order chi connectivity index (χ1) is 9.05. The highest BCUT2D eigenvalue weighted by molar-refractivity contribution is 14.0. The Balaban J connectivity index is 0.00000361. The SMILES string of the molecule is CCN=C(NC1CC(OCC)C1(CC)CC)N(C)C.I. The van der Waals surface area contributed by atoms with E-state index in [2.05, 4.69) is 42.9 Å². The van der Waals surface area contributed by atoms with E-state index in [0.717, 1.165) is 38.4 Å². The lowest BCUT2D eigenvalue weighted by atomic mass is 9.58. The normalized spacial score (nSPS) is 24.6. The molecular formula is C15H32IN3O. The second kappa shape index (κ2) is 9.07. The molecule has 120 valence electrons. The van der Waals surface area contributed by atoms with Crippen LogP contribution in [0.15, 0.2) is 4.99 Å². The Hall–Kier alpha value is -0.0400. The van der Waals surface area contributed by atoms with Crippen LogP contribution >= 0.6 is 24.0 Å². The molecule has 4 nitrogen and oxygen atoms in total. The van der Waals surface area contributed by atoms with Gasteiger partial charge < -0.3 is 15.0 Å². The molecular weight excluding hydrogens is 365 g/mol. The number of hydrogen-bond acceptors (Lipinski definition) is 2. The van der Waals surface area contributed by atoms with Gasteiger partial charge in [-0.25, -0.2) is 0 Å². The summed E-state index contributed by atoms with van der Waals surface area (Å²) in [6.45, 7) is 10.3. The van der Waals surface area contributed by atoms with Gasteiger partial charge in [0.2, 0.25) is 0 Å². The monoisotopic (exact) mass is 397 g/mol. The summed E-state index contributed by atoms with van der Waals surface area (Å²) in [7, 11) is 4.08. The molecule has 0 aromatic rings. The second-order valence-corrected chi connectivity index (χ2v) is 5.51. The standard InChI is InChI=1S/C15H31N3O.HI/c1-7-15(8-2)12(11-13(15)19-10-4)17-14(16-9-3)18(5)6;/h12-13H,7-11H2,1-6H3,(H,16,17);1H. The van der Waals surface area contributed by atoms with Crippen molar-refractivity contribution in [3.63, 3.8) is 0 Å². The van der Waals surface area contributed by atoms with Gasteiger partial charge in [-0.2, -0.15) is 0 Å². The third-order valence-electron chi connectivity index (χ3n) is 4.50. The van der Waals surface area contributed by atoms with Crippen LogP contribution in [0.5, 0.6) is 0 Å². The Morgan fingerprint density at radius 3 is 2.25 bits per heavy atom. The van der Waals surface area contributed by atoms with Crippen molar-refractivity contribution in [2.24, 2.45) is 10.4 Å². The predicted molar refractivity (Wildman–Crippen MR) is 97.0 cm³/mol. The third-order valence-corrected chi connectivity index (χ3v) is 4.50. The minimum absolute atomic E-state index is 0. The molecule has 20 heavy (non-hydrogen) atoms. The number of hydrogen-bond donors (Lipinski definition) is 1. The van der Waals surface area contributed by atoms with Crippen molar-refractivity contribution in [3.05, 3.63) is 0 Å². The Morgan fingerprint density at radius 1 is 1.25 bits per heavy atom. The van der Waals surface area contributed by atoms with Crippen LogP contribution in [-0.2, 0) is 4.74 Å². The highest BCUT2D eigenvalue weighted by atomic mass is 127. The topological polar surface area (TPSA) is 36.9 Å². The van der Waals surface area contributed by atoms with Crippen molar-refractivity contribution < 1.29 is 4.74 Å². The molecule has 0 aromatic heterocycles. The number of nitrogens with zero attached hydrogens (tertiary/aromatic N) is 2. The first kappa shape index (κ1) is 20.0. The fourth-order valence-electron chi connectivity index (χ4n) is 3.21. The van der Waals surface area contributed by atoms with Crippen LogP contribution in [0.2, 0.25) is 0 Å². The van der Waals surface area contributed by atoms with Crippen molar-refractivity contribution in [2.75, 3.05) is 27.2 Å². The minimum atomic E-state index is 0. The number of guanidine groups is 1. The molecule has 1 saturated carbocycles. The molecule has 0 bridgehead atoms. The lowest BCUT2D eigenvalue weighted by molar-refractivity contribution is -0.133. The van der Waals surface area contributed by atoms with E-state index in [1.807, 2.05) is 14.1 Å². The molecule has 0 aromatic carbocycles. The van der Waals surface area contributed by atoms with Gasteiger partial charge in [-0.05, 0) is 33.1 Å². The van der Waals surface area contributed by atoms with Gasteiger partial charge in [0.25, 0.3) is 0 Å². The third kappa shape index (κ3) is 4.00. The molecule has 0 aliphatic heterocycles. The number of nitrogens with one attached hydrogen (secondary N) is 1. The summed E-state index contributed by atoms with van der Waals surface area (Å²) in [5.74, 6) is 0.994. The molecule has 0 amide bonds. The Kier molecular flexibility index (Phi) is 9.06. The average Bonchev–Trinajstić information content (AvgIpc) is 2.37. The Labute approximate surface area is 141 Å². The van der Waals surface area contributed by atoms with E-state index in [4.69, 9.17) is 4.74 Å². The summed E-state index contributed by atoms with van der Waals surface area (Å²) in [6, 6.07) is 0.478. The van der Waals surface area contributed by atoms with Crippen LogP contribution in [-0.4, -0.2) is 50.3 Å². The predicted octanol–water partition coefficient (Wildman–Crippen LogP) is 3.12. The molecule has 1 aliphatic rings. The lowest BCUT2D eigenvalue weighted by Gasteiger charge is -2.55. The van der Waals surface area contributed by atoms with E-state index in [1.165, 1.54) is 0 Å². The molecule has 5 heteroatoms. The summed E-state index contributed by atoms with van der Waals surface area (Å²) in [4.78, 5) is 6.60. The summed E-state index contributed by atoms with van der Waals surface area (Å²) in [6.07, 6.45) is 3.79. The summed E-state index contributed by atoms with van der Waals surface area (Å²) in [5, 5.41) is 3.63. The maximum atomic E-state index is 5.91. The molecule has 0 spiro atoms. The summed E-state index contributed by atoms with van der Waals surface area (Å²) in [5.41, 5.74) is 0.264. The maximum Gasteiger partial charge on any atom is 0.193 e. The van der Waals surface area contributed by atoms with E-state index in [1.54, 1.807) is 0 Å². The zero-order valence-electron chi connectivity index (χ0n) is 13.9. The molecule has 2 unspecified atom stereocenters. The van der Waals surface area contributed by atoms with Crippen molar-refractivity contribution in [2.45, 2.75) is 59.1 Å². The van der Waals surface area contributed by atoms with Crippen LogP contribution in [0.3, 0.4) is 0 Å². The highest BCUT2D eigenvalue weighted by Crippen LogP contribution is 2.48. The molecule has 2 atom stereocenters. The minimum Gasteiger partial charge on any atom is -0.378 e. The smallest absolute Gasteiger partial charge is 0.193 e. The zero-order chi connectivity index (χ0) is 14.5. The van der Waals surface area contributed by atoms with Gasteiger partial charge >= 0.3 is 0 Å². The molecule has 1 fully saturated rings. The number of halogens is 1. The van der Waals surface area contributed by atoms with Gasteiger partial charge in [0.05, 0.1) is 6.10 Å². The largest absolute Gasteiger partial charge is 0.378 e. The first-order valence-electron chi connectivity index (χ1n) is 7.65. The summed E-state index contributed by atoms with van der Waals surface area (Å²) < 4.78 is 5.91. The van der Waals surface area contributed by atoms with Gasteiger partial charge in [0.1, 0.15) is 0 Å². The molecule has 0 radical (unpaired) electrons. The van der Waals surface area contributed by atoms with Gasteiger partial charge in [0, 0.05) is 38.7 Å². The zero-order valence-corrected chi connectivity index (χ0v) is 16.2.